The molecule has 1 saturated heterocycles. The molecular formula is C9H14N4O2S. The summed E-state index contributed by atoms with van der Waals surface area (Å²) in [6.07, 6.45) is 2.46. The summed E-state index contributed by atoms with van der Waals surface area (Å²) < 4.78 is 0. The molecule has 1 unspecified atom stereocenters. The zero-order valence-corrected chi connectivity index (χ0v) is 9.87. The molecule has 6 nitrogen and oxygen atoms in total. The van der Waals surface area contributed by atoms with Gasteiger partial charge >= 0.3 is 5.00 Å². The number of nitrogens with one attached hydrogen (secondary N) is 1. The molecule has 7 heteroatoms. The van der Waals surface area contributed by atoms with Gasteiger partial charge < -0.3 is 10.2 Å². The van der Waals surface area contributed by atoms with Gasteiger partial charge in [-0.15, -0.1) is 0 Å². The quantitative estimate of drug-likeness (QED) is 0.632. The molecule has 0 saturated carbocycles. The summed E-state index contributed by atoms with van der Waals surface area (Å²) in [6.45, 7) is 2.87. The maximum atomic E-state index is 10.5. The highest BCUT2D eigenvalue weighted by Crippen LogP contribution is 2.31. The van der Waals surface area contributed by atoms with E-state index < -0.39 is 0 Å². The summed E-state index contributed by atoms with van der Waals surface area (Å²) in [6, 6.07) is 0. The first-order chi connectivity index (χ1) is 7.70. The molecule has 1 aliphatic rings. The van der Waals surface area contributed by atoms with E-state index in [0.29, 0.717) is 5.92 Å². The topological polar surface area (TPSA) is 71.3 Å². The molecule has 1 N–H and O–H groups in total. The summed E-state index contributed by atoms with van der Waals surface area (Å²) in [5.74, 6) is 0.618. The summed E-state index contributed by atoms with van der Waals surface area (Å²) in [5, 5.41) is 14.6. The highest BCUT2D eigenvalue weighted by molar-refractivity contribution is 7.18. The third-order valence-electron chi connectivity index (χ3n) is 2.71. The second-order valence-corrected chi connectivity index (χ2v) is 4.88. The van der Waals surface area contributed by atoms with Gasteiger partial charge in [-0.3, -0.25) is 10.1 Å². The molecule has 0 amide bonds. The average Bonchev–Trinajstić information content (AvgIpc) is 2.84. The van der Waals surface area contributed by atoms with Crippen molar-refractivity contribution in [2.24, 2.45) is 5.92 Å². The van der Waals surface area contributed by atoms with Crippen molar-refractivity contribution in [3.63, 3.8) is 0 Å². The number of aromatic nitrogens is 1. The molecule has 0 bridgehead atoms. The second kappa shape index (κ2) is 4.75. The van der Waals surface area contributed by atoms with Crippen LogP contribution >= 0.6 is 11.3 Å². The monoisotopic (exact) mass is 242 g/mol. The van der Waals surface area contributed by atoms with Crippen molar-refractivity contribution < 1.29 is 4.92 Å². The normalized spacial score (nSPS) is 20.3. The van der Waals surface area contributed by atoms with Crippen molar-refractivity contribution in [1.82, 2.24) is 10.3 Å². The summed E-state index contributed by atoms with van der Waals surface area (Å²) in [7, 11) is 1.94. The van der Waals surface area contributed by atoms with Gasteiger partial charge in [0.25, 0.3) is 0 Å². The number of hydrogen-bond donors (Lipinski definition) is 1. The van der Waals surface area contributed by atoms with E-state index >= 15 is 0 Å². The van der Waals surface area contributed by atoms with Gasteiger partial charge in [-0.2, -0.15) is 0 Å². The van der Waals surface area contributed by atoms with Crippen LogP contribution in [0.15, 0.2) is 6.20 Å². The van der Waals surface area contributed by atoms with E-state index in [1.54, 1.807) is 0 Å². The third kappa shape index (κ3) is 2.30. The van der Waals surface area contributed by atoms with Gasteiger partial charge in [0.1, 0.15) is 6.20 Å². The molecule has 2 heterocycles. The van der Waals surface area contributed by atoms with E-state index in [1.165, 1.54) is 6.20 Å². The van der Waals surface area contributed by atoms with Crippen LogP contribution in [0.5, 0.6) is 0 Å². The highest BCUT2D eigenvalue weighted by atomic mass is 32.1. The Kier molecular flexibility index (Phi) is 3.35. The SMILES string of the molecule is CNCC1CCN(c2ncc([N+](=O)[O-])s2)C1. The molecule has 1 aromatic rings. The lowest BCUT2D eigenvalue weighted by Crippen LogP contribution is -2.24. The highest BCUT2D eigenvalue weighted by Gasteiger charge is 2.25. The van der Waals surface area contributed by atoms with Crippen LogP contribution < -0.4 is 10.2 Å². The van der Waals surface area contributed by atoms with Gasteiger partial charge in [-0.1, -0.05) is 0 Å². The number of hydrogen-bond acceptors (Lipinski definition) is 6. The number of nitro groups is 1. The Balaban J connectivity index is 2.00. The molecule has 0 spiro atoms. The Hall–Kier alpha value is -1.21. The van der Waals surface area contributed by atoms with Crippen LogP contribution in [-0.4, -0.2) is 36.6 Å². The largest absolute Gasteiger partial charge is 0.348 e. The maximum Gasteiger partial charge on any atom is 0.345 e. The van der Waals surface area contributed by atoms with Gasteiger partial charge in [0.15, 0.2) is 5.13 Å². The minimum atomic E-state index is -0.387. The number of nitrogens with zero attached hydrogens (tertiary/aromatic N) is 3. The maximum absolute atomic E-state index is 10.5. The molecule has 88 valence electrons. The molecule has 1 fully saturated rings. The second-order valence-electron chi connectivity index (χ2n) is 3.90. The van der Waals surface area contributed by atoms with Gasteiger partial charge in [-0.05, 0) is 37.3 Å². The van der Waals surface area contributed by atoms with Crippen molar-refractivity contribution in [2.75, 3.05) is 31.6 Å². The third-order valence-corrected chi connectivity index (χ3v) is 3.72. The molecular weight excluding hydrogens is 228 g/mol. The van der Waals surface area contributed by atoms with E-state index in [2.05, 4.69) is 15.2 Å². The Labute approximate surface area is 97.4 Å². The number of rotatable bonds is 4. The molecule has 2 rings (SSSR count). The van der Waals surface area contributed by atoms with Crippen LogP contribution in [0.2, 0.25) is 0 Å². The average molecular weight is 242 g/mol. The predicted octanol–water partition coefficient (Wildman–Crippen LogP) is 1.10. The van der Waals surface area contributed by atoms with Crippen LogP contribution in [0.25, 0.3) is 0 Å². The molecule has 0 radical (unpaired) electrons. The van der Waals surface area contributed by atoms with Crippen molar-refractivity contribution in [2.45, 2.75) is 6.42 Å². The van der Waals surface area contributed by atoms with Crippen molar-refractivity contribution >= 4 is 21.5 Å². The molecule has 0 aromatic carbocycles. The Morgan fingerprint density at radius 2 is 2.62 bits per heavy atom. The van der Waals surface area contributed by atoms with Gasteiger partial charge in [0.05, 0.1) is 4.92 Å². The van der Waals surface area contributed by atoms with Crippen LogP contribution in [0.1, 0.15) is 6.42 Å². The lowest BCUT2D eigenvalue weighted by Gasteiger charge is -2.14. The minimum Gasteiger partial charge on any atom is -0.348 e. The first kappa shape index (κ1) is 11.3. The minimum absolute atomic E-state index is 0.118. The fourth-order valence-corrected chi connectivity index (χ4v) is 2.72. The molecule has 16 heavy (non-hydrogen) atoms. The van der Waals surface area contributed by atoms with Crippen LogP contribution in [0, 0.1) is 16.0 Å². The van der Waals surface area contributed by atoms with E-state index in [1.807, 2.05) is 7.05 Å². The first-order valence-corrected chi connectivity index (χ1v) is 6.02. The Morgan fingerprint density at radius 3 is 3.25 bits per heavy atom. The summed E-state index contributed by atoms with van der Waals surface area (Å²) in [4.78, 5) is 16.4. The van der Waals surface area contributed by atoms with E-state index in [4.69, 9.17) is 0 Å². The molecule has 1 aliphatic heterocycles. The zero-order chi connectivity index (χ0) is 11.5. The molecule has 0 aliphatic carbocycles. The van der Waals surface area contributed by atoms with E-state index in [9.17, 15) is 10.1 Å². The lowest BCUT2D eigenvalue weighted by atomic mass is 10.1. The van der Waals surface area contributed by atoms with Gasteiger partial charge in [0, 0.05) is 13.1 Å². The van der Waals surface area contributed by atoms with Crippen LogP contribution in [0.4, 0.5) is 10.1 Å². The summed E-state index contributed by atoms with van der Waals surface area (Å²) in [5.41, 5.74) is 0. The number of anilines is 1. The van der Waals surface area contributed by atoms with Crippen LogP contribution in [0.3, 0.4) is 0 Å². The fourth-order valence-electron chi connectivity index (χ4n) is 1.95. The standard InChI is InChI=1S/C9H14N4O2S/c1-10-4-7-2-3-12(6-7)9-11-5-8(16-9)13(14)15/h5,7,10H,2-4,6H2,1H3. The van der Waals surface area contributed by atoms with Crippen molar-refractivity contribution in [1.29, 1.82) is 0 Å². The van der Waals surface area contributed by atoms with E-state index in [0.717, 1.165) is 42.5 Å². The molecule has 1 atom stereocenters. The lowest BCUT2D eigenvalue weighted by molar-refractivity contribution is -0.380. The fraction of sp³-hybridized carbons (Fsp3) is 0.667. The Morgan fingerprint density at radius 1 is 1.81 bits per heavy atom. The summed E-state index contributed by atoms with van der Waals surface area (Å²) >= 11 is 1.15. The van der Waals surface area contributed by atoms with Crippen molar-refractivity contribution in [3.8, 4) is 0 Å². The van der Waals surface area contributed by atoms with Gasteiger partial charge in [-0.25, -0.2) is 4.98 Å². The Bertz CT molecular complexity index is 381. The smallest absolute Gasteiger partial charge is 0.345 e. The zero-order valence-electron chi connectivity index (χ0n) is 9.05. The van der Waals surface area contributed by atoms with E-state index in [-0.39, 0.29) is 9.92 Å². The molecule has 1 aromatic heterocycles. The first-order valence-electron chi connectivity index (χ1n) is 5.20. The predicted molar refractivity (Wildman–Crippen MR) is 63.0 cm³/mol. The van der Waals surface area contributed by atoms with Crippen molar-refractivity contribution in [3.05, 3.63) is 16.3 Å². The van der Waals surface area contributed by atoms with Crippen LogP contribution in [-0.2, 0) is 0 Å². The van der Waals surface area contributed by atoms with Gasteiger partial charge in [0.2, 0.25) is 0 Å². The number of thiazole rings is 1.